The molecule has 0 radical (unpaired) electrons. The zero-order valence-corrected chi connectivity index (χ0v) is 21.7. The molecule has 0 aliphatic rings. The minimum Gasteiger partial charge on any atom is -0.332 e. The van der Waals surface area contributed by atoms with Crippen LogP contribution in [0.4, 0.5) is 13.2 Å². The molecule has 10 heteroatoms. The summed E-state index contributed by atoms with van der Waals surface area (Å²) in [7, 11) is 0. The minimum absolute atomic E-state index is 0. The Bertz CT molecular complexity index is 1540. The second kappa shape index (κ2) is 10.6. The minimum atomic E-state index is -4.43. The smallest absolute Gasteiger partial charge is 0.332 e. The van der Waals surface area contributed by atoms with E-state index in [1.54, 1.807) is 39.7 Å². The first-order valence-corrected chi connectivity index (χ1v) is 11.8. The molecule has 5 aromatic rings. The number of hydrogen-bond donors (Lipinski definition) is 0. The van der Waals surface area contributed by atoms with Crippen LogP contribution in [-0.2, 0) is 12.7 Å². The van der Waals surface area contributed by atoms with Crippen molar-refractivity contribution in [2.45, 2.75) is 19.6 Å². The topological polar surface area (TPSA) is 35.6 Å². The van der Waals surface area contributed by atoms with E-state index < -0.39 is 11.7 Å². The number of para-hydroxylation sites is 1. The lowest BCUT2D eigenvalue weighted by atomic mass is 10.1. The molecule has 0 fully saturated rings. The SMILES string of the molecule is Cc1c(-c2cn(Cc3ccccc3C(F)(F)F)cn2)nn(-c2ccccc2Cl)c1-c1ccc(Cl)cc1.Cl. The first-order chi connectivity index (χ1) is 17.2. The van der Waals surface area contributed by atoms with E-state index in [1.807, 2.05) is 37.3 Å². The van der Waals surface area contributed by atoms with Crippen LogP contribution in [-0.4, -0.2) is 19.3 Å². The fourth-order valence-electron chi connectivity index (χ4n) is 4.18. The molecule has 2 heterocycles. The van der Waals surface area contributed by atoms with Crippen molar-refractivity contribution in [1.29, 1.82) is 0 Å². The molecule has 0 N–H and O–H groups in total. The van der Waals surface area contributed by atoms with Gasteiger partial charge in [-0.05, 0) is 42.8 Å². The molecular formula is C27H20Cl3F3N4. The highest BCUT2D eigenvalue weighted by Gasteiger charge is 2.33. The summed E-state index contributed by atoms with van der Waals surface area (Å²) in [6, 6.07) is 20.3. The van der Waals surface area contributed by atoms with Gasteiger partial charge in [0.15, 0.2) is 0 Å². The summed E-state index contributed by atoms with van der Waals surface area (Å²) in [5, 5.41) is 5.96. The molecule has 5 rings (SSSR count). The molecule has 2 aromatic heterocycles. The number of imidazole rings is 1. The molecule has 0 saturated heterocycles. The largest absolute Gasteiger partial charge is 0.416 e. The number of halogens is 6. The van der Waals surface area contributed by atoms with Crippen LogP contribution in [0.1, 0.15) is 16.7 Å². The first-order valence-electron chi connectivity index (χ1n) is 11.0. The third kappa shape index (κ3) is 5.39. The molecule has 3 aromatic carbocycles. The highest BCUT2D eigenvalue weighted by molar-refractivity contribution is 6.32. The third-order valence-electron chi connectivity index (χ3n) is 5.87. The standard InChI is InChI=1S/C27H19Cl2F3N4.ClH/c1-17-25(23-15-35(16-33-23)14-19-6-2-3-7-21(19)27(30,31)32)34-36(24-9-5-4-8-22(24)29)26(17)18-10-12-20(28)13-11-18;/h2-13,15-16H,14H2,1H3;1H. The Balaban J connectivity index is 0.00000320. The molecule has 0 aliphatic heterocycles. The van der Waals surface area contributed by atoms with Gasteiger partial charge >= 0.3 is 6.18 Å². The van der Waals surface area contributed by atoms with Crippen LogP contribution in [0.2, 0.25) is 10.0 Å². The molecule has 0 saturated carbocycles. The van der Waals surface area contributed by atoms with Gasteiger partial charge in [-0.2, -0.15) is 18.3 Å². The fourth-order valence-corrected chi connectivity index (χ4v) is 4.53. The molecule has 37 heavy (non-hydrogen) atoms. The lowest BCUT2D eigenvalue weighted by Crippen LogP contribution is -2.11. The van der Waals surface area contributed by atoms with E-state index in [1.165, 1.54) is 18.5 Å². The Hall–Kier alpha value is -3.26. The van der Waals surface area contributed by atoms with Crippen LogP contribution in [0.15, 0.2) is 85.3 Å². The highest BCUT2D eigenvalue weighted by atomic mass is 35.5. The summed E-state index contributed by atoms with van der Waals surface area (Å²) >= 11 is 12.6. The van der Waals surface area contributed by atoms with Gasteiger partial charge in [-0.15, -0.1) is 12.4 Å². The Kier molecular flexibility index (Phi) is 7.69. The van der Waals surface area contributed by atoms with E-state index in [-0.39, 0.29) is 24.5 Å². The molecule has 0 bridgehead atoms. The van der Waals surface area contributed by atoms with Gasteiger partial charge in [-0.1, -0.05) is 65.7 Å². The van der Waals surface area contributed by atoms with Crippen molar-refractivity contribution in [3.63, 3.8) is 0 Å². The van der Waals surface area contributed by atoms with Crippen molar-refractivity contribution in [1.82, 2.24) is 19.3 Å². The van der Waals surface area contributed by atoms with Crippen LogP contribution >= 0.6 is 35.6 Å². The Labute approximate surface area is 227 Å². The molecule has 0 spiro atoms. The fraction of sp³-hybridized carbons (Fsp3) is 0.111. The second-order valence-electron chi connectivity index (χ2n) is 8.28. The molecule has 0 unspecified atom stereocenters. The van der Waals surface area contributed by atoms with Crippen molar-refractivity contribution in [3.8, 4) is 28.3 Å². The lowest BCUT2D eigenvalue weighted by Gasteiger charge is -2.12. The summed E-state index contributed by atoms with van der Waals surface area (Å²) in [5.41, 5.74) is 3.87. The molecular weight excluding hydrogens is 544 g/mol. The van der Waals surface area contributed by atoms with E-state index in [0.29, 0.717) is 27.1 Å². The van der Waals surface area contributed by atoms with Gasteiger partial charge in [0.1, 0.15) is 11.4 Å². The van der Waals surface area contributed by atoms with Gasteiger partial charge < -0.3 is 4.57 Å². The normalized spacial score (nSPS) is 11.4. The van der Waals surface area contributed by atoms with Crippen molar-refractivity contribution < 1.29 is 13.2 Å². The first kappa shape index (κ1) is 26.8. The number of benzene rings is 3. The Morgan fingerprint density at radius 1 is 0.892 bits per heavy atom. The summed E-state index contributed by atoms with van der Waals surface area (Å²) in [4.78, 5) is 4.47. The van der Waals surface area contributed by atoms with Crippen LogP contribution in [0.5, 0.6) is 0 Å². The van der Waals surface area contributed by atoms with E-state index in [4.69, 9.17) is 28.3 Å². The summed E-state index contributed by atoms with van der Waals surface area (Å²) in [6.45, 7) is 1.95. The second-order valence-corrected chi connectivity index (χ2v) is 9.12. The predicted octanol–water partition coefficient (Wildman–Crippen LogP) is 8.51. The average Bonchev–Trinajstić information content (AvgIpc) is 3.44. The van der Waals surface area contributed by atoms with Gasteiger partial charge in [0, 0.05) is 28.9 Å². The van der Waals surface area contributed by atoms with E-state index in [9.17, 15) is 13.2 Å². The number of aromatic nitrogens is 4. The van der Waals surface area contributed by atoms with E-state index >= 15 is 0 Å². The average molecular weight is 564 g/mol. The van der Waals surface area contributed by atoms with Crippen LogP contribution in [0.3, 0.4) is 0 Å². The maximum absolute atomic E-state index is 13.4. The Morgan fingerprint density at radius 2 is 1.57 bits per heavy atom. The molecule has 0 aliphatic carbocycles. The quantitative estimate of drug-likeness (QED) is 0.215. The number of rotatable bonds is 5. The monoisotopic (exact) mass is 562 g/mol. The van der Waals surface area contributed by atoms with Crippen LogP contribution in [0.25, 0.3) is 28.3 Å². The third-order valence-corrected chi connectivity index (χ3v) is 6.44. The van der Waals surface area contributed by atoms with Crippen molar-refractivity contribution in [3.05, 3.63) is 112 Å². The molecule has 0 amide bonds. The summed E-state index contributed by atoms with van der Waals surface area (Å²) < 4.78 is 43.7. The zero-order chi connectivity index (χ0) is 25.4. The highest BCUT2D eigenvalue weighted by Crippen LogP contribution is 2.36. The van der Waals surface area contributed by atoms with Crippen molar-refractivity contribution in [2.75, 3.05) is 0 Å². The molecule has 190 valence electrons. The predicted molar refractivity (Wildman–Crippen MR) is 143 cm³/mol. The maximum Gasteiger partial charge on any atom is 0.416 e. The summed E-state index contributed by atoms with van der Waals surface area (Å²) in [5.74, 6) is 0. The van der Waals surface area contributed by atoms with Gasteiger partial charge in [0.25, 0.3) is 0 Å². The molecule has 0 atom stereocenters. The number of hydrogen-bond acceptors (Lipinski definition) is 2. The maximum atomic E-state index is 13.4. The lowest BCUT2D eigenvalue weighted by molar-refractivity contribution is -0.138. The van der Waals surface area contributed by atoms with Gasteiger partial charge in [-0.3, -0.25) is 0 Å². The number of alkyl halides is 3. The van der Waals surface area contributed by atoms with Crippen LogP contribution < -0.4 is 0 Å². The Morgan fingerprint density at radius 3 is 2.27 bits per heavy atom. The van der Waals surface area contributed by atoms with Gasteiger partial charge in [-0.25, -0.2) is 9.67 Å². The van der Waals surface area contributed by atoms with Gasteiger partial charge in [0.2, 0.25) is 0 Å². The van der Waals surface area contributed by atoms with Crippen molar-refractivity contribution in [2.24, 2.45) is 0 Å². The molecule has 4 nitrogen and oxygen atoms in total. The summed E-state index contributed by atoms with van der Waals surface area (Å²) in [6.07, 6.45) is -1.22. The van der Waals surface area contributed by atoms with Crippen molar-refractivity contribution >= 4 is 35.6 Å². The zero-order valence-electron chi connectivity index (χ0n) is 19.4. The number of nitrogens with zero attached hydrogens (tertiary/aromatic N) is 4. The van der Waals surface area contributed by atoms with E-state index in [2.05, 4.69) is 4.98 Å². The van der Waals surface area contributed by atoms with Crippen LogP contribution in [0, 0.1) is 6.92 Å². The van der Waals surface area contributed by atoms with E-state index in [0.717, 1.165) is 22.9 Å². The van der Waals surface area contributed by atoms with Gasteiger partial charge in [0.05, 0.1) is 28.3 Å².